The van der Waals surface area contributed by atoms with E-state index in [9.17, 15) is 9.90 Å². The van der Waals surface area contributed by atoms with Crippen LogP contribution in [0.4, 0.5) is 0 Å². The topological polar surface area (TPSA) is 49.3 Å². The smallest absolute Gasteiger partial charge is 0.255 e. The highest BCUT2D eigenvalue weighted by Crippen LogP contribution is 2.24. The molecule has 2 aromatic rings. The lowest BCUT2D eigenvalue weighted by atomic mass is 10.1. The van der Waals surface area contributed by atoms with Gasteiger partial charge in [-0.3, -0.25) is 4.79 Å². The monoisotopic (exact) mass is 263 g/mol. The van der Waals surface area contributed by atoms with E-state index in [1.807, 2.05) is 36.4 Å². The Morgan fingerprint density at radius 2 is 1.65 bits per heavy atom. The third-order valence-electron chi connectivity index (χ3n) is 3.14. The van der Waals surface area contributed by atoms with Crippen LogP contribution in [0.15, 0.2) is 66.2 Å². The maximum atomic E-state index is 12.0. The van der Waals surface area contributed by atoms with Gasteiger partial charge in [-0.1, -0.05) is 48.5 Å². The third kappa shape index (κ3) is 2.34. The van der Waals surface area contributed by atoms with Crippen LogP contribution in [0.5, 0.6) is 5.75 Å². The maximum Gasteiger partial charge on any atom is 0.255 e. The molecule has 98 valence electrons. The number of nitrogens with one attached hydrogen (secondary N) is 1. The number of hydrogen-bond acceptors (Lipinski definition) is 2. The van der Waals surface area contributed by atoms with Crippen LogP contribution < -0.4 is 5.32 Å². The molecule has 1 aliphatic rings. The number of aromatic hydroxyl groups is 1. The number of carbonyl (C=O) groups is 1. The van der Waals surface area contributed by atoms with Crippen molar-refractivity contribution in [1.82, 2.24) is 5.32 Å². The van der Waals surface area contributed by atoms with Gasteiger partial charge in [0.2, 0.25) is 0 Å². The number of phenols is 1. The van der Waals surface area contributed by atoms with E-state index in [1.54, 1.807) is 30.4 Å². The lowest BCUT2D eigenvalue weighted by Crippen LogP contribution is -2.15. The molecule has 3 nitrogen and oxygen atoms in total. The average molecular weight is 263 g/mol. The first-order valence-corrected chi connectivity index (χ1v) is 6.32. The van der Waals surface area contributed by atoms with Gasteiger partial charge in [-0.05, 0) is 23.8 Å². The molecule has 0 bridgehead atoms. The van der Waals surface area contributed by atoms with Crippen LogP contribution in [0.1, 0.15) is 11.1 Å². The number of carbonyl (C=O) groups excluding carboxylic acids is 1. The predicted octanol–water partition coefficient (Wildman–Crippen LogP) is 2.95. The summed E-state index contributed by atoms with van der Waals surface area (Å²) in [6, 6.07) is 16.6. The van der Waals surface area contributed by atoms with E-state index >= 15 is 0 Å². The van der Waals surface area contributed by atoms with Gasteiger partial charge >= 0.3 is 0 Å². The normalized spacial score (nSPS) is 16.1. The summed E-state index contributed by atoms with van der Waals surface area (Å²) in [5, 5.41) is 12.6. The summed E-state index contributed by atoms with van der Waals surface area (Å²) in [6.07, 6.45) is 3.48. The Kier molecular flexibility index (Phi) is 3.09. The second-order valence-electron chi connectivity index (χ2n) is 4.54. The summed E-state index contributed by atoms with van der Waals surface area (Å²) in [5.74, 6) is 0.00136. The molecule has 0 saturated heterocycles. The Bertz CT molecular complexity index is 715. The molecule has 0 aromatic heterocycles. The molecule has 2 aromatic carbocycles. The van der Waals surface area contributed by atoms with E-state index in [4.69, 9.17) is 0 Å². The second kappa shape index (κ2) is 5.05. The van der Waals surface area contributed by atoms with Crippen LogP contribution in [0.3, 0.4) is 0 Å². The van der Waals surface area contributed by atoms with Crippen molar-refractivity contribution in [3.8, 4) is 5.75 Å². The number of benzene rings is 2. The number of rotatable bonds is 2. The van der Waals surface area contributed by atoms with E-state index in [0.717, 1.165) is 11.3 Å². The van der Waals surface area contributed by atoms with Crippen LogP contribution in [0.25, 0.3) is 11.8 Å². The highest BCUT2D eigenvalue weighted by Gasteiger charge is 2.19. The largest absolute Gasteiger partial charge is 0.507 e. The number of phenolic OH excluding ortho intramolecular Hbond substituents is 1. The highest BCUT2D eigenvalue weighted by molar-refractivity contribution is 6.10. The number of hydrogen-bond donors (Lipinski definition) is 2. The quantitative estimate of drug-likeness (QED) is 0.818. The minimum Gasteiger partial charge on any atom is -0.507 e. The summed E-state index contributed by atoms with van der Waals surface area (Å²) in [7, 11) is 0. The van der Waals surface area contributed by atoms with Crippen molar-refractivity contribution < 1.29 is 9.90 Å². The highest BCUT2D eigenvalue weighted by atomic mass is 16.3. The Morgan fingerprint density at radius 3 is 2.40 bits per heavy atom. The van der Waals surface area contributed by atoms with Crippen LogP contribution in [-0.2, 0) is 4.79 Å². The number of amides is 1. The van der Waals surface area contributed by atoms with E-state index < -0.39 is 0 Å². The third-order valence-corrected chi connectivity index (χ3v) is 3.14. The average Bonchev–Trinajstić information content (AvgIpc) is 2.84. The SMILES string of the molecule is O=C1NC(c2ccccc2)=CC1=Cc1ccccc1O. The van der Waals surface area contributed by atoms with Crippen molar-refractivity contribution in [2.75, 3.05) is 0 Å². The second-order valence-corrected chi connectivity index (χ2v) is 4.54. The first kappa shape index (κ1) is 12.2. The Hall–Kier alpha value is -2.81. The van der Waals surface area contributed by atoms with Gasteiger partial charge in [0.05, 0.1) is 0 Å². The first-order chi connectivity index (χ1) is 9.74. The van der Waals surface area contributed by atoms with Crippen LogP contribution in [0.2, 0.25) is 0 Å². The van der Waals surface area contributed by atoms with Gasteiger partial charge in [-0.25, -0.2) is 0 Å². The van der Waals surface area contributed by atoms with Gasteiger partial charge in [0.15, 0.2) is 0 Å². The maximum absolute atomic E-state index is 12.0. The lowest BCUT2D eigenvalue weighted by Gasteiger charge is -2.01. The minimum absolute atomic E-state index is 0.160. The molecule has 0 radical (unpaired) electrons. The fourth-order valence-electron chi connectivity index (χ4n) is 2.11. The molecule has 1 amide bonds. The zero-order valence-electron chi connectivity index (χ0n) is 10.7. The van der Waals surface area contributed by atoms with E-state index in [2.05, 4.69) is 5.32 Å². The minimum atomic E-state index is -0.160. The summed E-state index contributed by atoms with van der Waals surface area (Å²) < 4.78 is 0. The molecule has 1 heterocycles. The van der Waals surface area contributed by atoms with Crippen LogP contribution >= 0.6 is 0 Å². The van der Waals surface area contributed by atoms with Crippen molar-refractivity contribution >= 4 is 17.7 Å². The molecule has 0 saturated carbocycles. The summed E-state index contributed by atoms with van der Waals surface area (Å²) >= 11 is 0. The zero-order valence-corrected chi connectivity index (χ0v) is 10.7. The molecule has 0 unspecified atom stereocenters. The summed E-state index contributed by atoms with van der Waals surface area (Å²) in [6.45, 7) is 0. The molecule has 0 fully saturated rings. The molecule has 2 N–H and O–H groups in total. The molecule has 20 heavy (non-hydrogen) atoms. The van der Waals surface area contributed by atoms with Gasteiger partial charge in [-0.2, -0.15) is 0 Å². The molecular weight excluding hydrogens is 250 g/mol. The van der Waals surface area contributed by atoms with Crippen LogP contribution in [0, 0.1) is 0 Å². The van der Waals surface area contributed by atoms with Crippen molar-refractivity contribution in [3.63, 3.8) is 0 Å². The van der Waals surface area contributed by atoms with Crippen molar-refractivity contribution in [2.45, 2.75) is 0 Å². The predicted molar refractivity (Wildman–Crippen MR) is 78.6 cm³/mol. The van der Waals surface area contributed by atoms with E-state index in [-0.39, 0.29) is 11.7 Å². The Labute approximate surface area is 116 Å². The zero-order chi connectivity index (χ0) is 13.9. The molecule has 3 rings (SSSR count). The van der Waals surface area contributed by atoms with Crippen molar-refractivity contribution in [3.05, 3.63) is 77.4 Å². The van der Waals surface area contributed by atoms with E-state index in [1.165, 1.54) is 0 Å². The van der Waals surface area contributed by atoms with Crippen LogP contribution in [-0.4, -0.2) is 11.0 Å². The molecule has 1 aliphatic heterocycles. The van der Waals surface area contributed by atoms with E-state index in [0.29, 0.717) is 11.1 Å². The molecule has 0 atom stereocenters. The lowest BCUT2D eigenvalue weighted by molar-refractivity contribution is -0.115. The fraction of sp³-hybridized carbons (Fsp3) is 0. The summed E-state index contributed by atoms with van der Waals surface area (Å²) in [5.41, 5.74) is 2.90. The molecular formula is C17H13NO2. The number of para-hydroxylation sites is 1. The molecule has 3 heteroatoms. The standard InChI is InChI=1S/C17H13NO2/c19-16-9-5-4-8-13(16)10-14-11-15(18-17(14)20)12-6-2-1-3-7-12/h1-11,19H,(H,18,20). The Balaban J connectivity index is 1.97. The molecule has 0 spiro atoms. The van der Waals surface area contributed by atoms with Gasteiger partial charge < -0.3 is 10.4 Å². The van der Waals surface area contributed by atoms with Crippen molar-refractivity contribution in [1.29, 1.82) is 0 Å². The van der Waals surface area contributed by atoms with Gasteiger partial charge in [0, 0.05) is 16.8 Å². The fourth-order valence-corrected chi connectivity index (χ4v) is 2.11. The summed E-state index contributed by atoms with van der Waals surface area (Å²) in [4.78, 5) is 12.0. The van der Waals surface area contributed by atoms with Crippen molar-refractivity contribution in [2.24, 2.45) is 0 Å². The molecule has 0 aliphatic carbocycles. The Morgan fingerprint density at radius 1 is 0.950 bits per heavy atom. The first-order valence-electron chi connectivity index (χ1n) is 6.32. The van der Waals surface area contributed by atoms with Gasteiger partial charge in [0.1, 0.15) is 5.75 Å². The van der Waals surface area contributed by atoms with Gasteiger partial charge in [0.25, 0.3) is 5.91 Å². The van der Waals surface area contributed by atoms with Gasteiger partial charge in [-0.15, -0.1) is 0 Å².